The molecule has 1 amide bonds. The summed E-state index contributed by atoms with van der Waals surface area (Å²) in [7, 11) is 3.96. The van der Waals surface area contributed by atoms with Crippen molar-refractivity contribution in [1.29, 1.82) is 0 Å². The first-order chi connectivity index (χ1) is 15.9. The summed E-state index contributed by atoms with van der Waals surface area (Å²) in [5.74, 6) is 0.707. The number of aromatic nitrogens is 2. The van der Waals surface area contributed by atoms with Crippen LogP contribution < -0.4 is 15.5 Å². The average molecular weight is 452 g/mol. The fourth-order valence-corrected chi connectivity index (χ4v) is 4.33. The minimum Gasteiger partial charge on any atom is -0.505 e. The topological polar surface area (TPSA) is 90.4 Å². The number of carbonyl (C=O) groups is 1. The molecule has 3 aromatic rings. The third kappa shape index (κ3) is 5.69. The second-order valence-electron chi connectivity index (χ2n) is 8.91. The molecular formula is C25H30FN5O2. The average Bonchev–Trinajstić information content (AvgIpc) is 2.80. The van der Waals surface area contributed by atoms with E-state index in [1.165, 1.54) is 12.1 Å². The zero-order valence-corrected chi connectivity index (χ0v) is 19.0. The largest absolute Gasteiger partial charge is 0.505 e. The summed E-state index contributed by atoms with van der Waals surface area (Å²) in [4.78, 5) is 23.6. The van der Waals surface area contributed by atoms with Crippen LogP contribution in [0.3, 0.4) is 0 Å². The van der Waals surface area contributed by atoms with Crippen LogP contribution in [0.2, 0.25) is 0 Å². The van der Waals surface area contributed by atoms with Crippen LogP contribution in [-0.2, 0) is 11.2 Å². The molecule has 1 aliphatic rings. The molecule has 1 heterocycles. The van der Waals surface area contributed by atoms with Crippen LogP contribution in [0.1, 0.15) is 31.2 Å². The summed E-state index contributed by atoms with van der Waals surface area (Å²) < 4.78 is 13.4. The Hall–Kier alpha value is -3.42. The molecule has 33 heavy (non-hydrogen) atoms. The van der Waals surface area contributed by atoms with E-state index in [0.717, 1.165) is 42.4 Å². The Balaban J connectivity index is 1.27. The second-order valence-corrected chi connectivity index (χ2v) is 8.91. The number of aromatic hydroxyl groups is 1. The van der Waals surface area contributed by atoms with Crippen LogP contribution in [0.5, 0.6) is 5.75 Å². The van der Waals surface area contributed by atoms with Crippen molar-refractivity contribution in [3.05, 3.63) is 53.8 Å². The van der Waals surface area contributed by atoms with Crippen molar-refractivity contribution in [3.8, 4) is 5.75 Å². The van der Waals surface area contributed by atoms with Gasteiger partial charge in [-0.1, -0.05) is 18.2 Å². The monoisotopic (exact) mass is 451 g/mol. The number of hydrogen-bond acceptors (Lipinski definition) is 6. The van der Waals surface area contributed by atoms with Crippen molar-refractivity contribution in [2.24, 2.45) is 5.92 Å². The first-order valence-corrected chi connectivity index (χ1v) is 11.3. The first kappa shape index (κ1) is 22.8. The van der Waals surface area contributed by atoms with Gasteiger partial charge in [0.1, 0.15) is 5.82 Å². The van der Waals surface area contributed by atoms with Crippen molar-refractivity contribution in [3.63, 3.8) is 0 Å². The van der Waals surface area contributed by atoms with Gasteiger partial charge in [0.25, 0.3) is 0 Å². The van der Waals surface area contributed by atoms with Crippen LogP contribution in [-0.4, -0.2) is 47.7 Å². The number of para-hydroxylation sites is 1. The first-order valence-electron chi connectivity index (χ1n) is 11.3. The summed E-state index contributed by atoms with van der Waals surface area (Å²) in [5.41, 5.74) is 1.46. The molecule has 1 saturated carbocycles. The van der Waals surface area contributed by atoms with E-state index in [0.29, 0.717) is 30.0 Å². The molecule has 7 nitrogen and oxygen atoms in total. The Labute approximate surface area is 193 Å². The number of carbonyl (C=O) groups excluding carboxylic acids is 1. The number of halogens is 1. The Kier molecular flexibility index (Phi) is 6.91. The lowest BCUT2D eigenvalue weighted by Crippen LogP contribution is -2.34. The van der Waals surface area contributed by atoms with E-state index in [9.17, 15) is 14.3 Å². The third-order valence-corrected chi connectivity index (χ3v) is 6.15. The van der Waals surface area contributed by atoms with Gasteiger partial charge in [-0.15, -0.1) is 0 Å². The maximum Gasteiger partial charge on any atom is 0.225 e. The third-order valence-electron chi connectivity index (χ3n) is 6.15. The van der Waals surface area contributed by atoms with E-state index in [1.54, 1.807) is 6.07 Å². The number of nitrogens with zero attached hydrogens (tertiary/aromatic N) is 3. The minimum absolute atomic E-state index is 0.0988. The molecule has 3 N–H and O–H groups in total. The molecule has 0 unspecified atom stereocenters. The number of phenolic OH excluding ortho intramolecular Hbond substituents is 1. The zero-order chi connectivity index (χ0) is 23.4. The second kappa shape index (κ2) is 10.0. The van der Waals surface area contributed by atoms with Gasteiger partial charge in [-0.25, -0.2) is 9.37 Å². The summed E-state index contributed by atoms with van der Waals surface area (Å²) in [6.07, 6.45) is 4.07. The van der Waals surface area contributed by atoms with Gasteiger partial charge in [-0.2, -0.15) is 4.98 Å². The summed E-state index contributed by atoms with van der Waals surface area (Å²) in [6, 6.07) is 12.3. The van der Waals surface area contributed by atoms with Gasteiger partial charge in [0.15, 0.2) is 11.6 Å². The minimum atomic E-state index is -0.709. The summed E-state index contributed by atoms with van der Waals surface area (Å²) in [5, 5.41) is 16.8. The number of rotatable bonds is 7. The highest BCUT2D eigenvalue weighted by atomic mass is 19.1. The van der Waals surface area contributed by atoms with Gasteiger partial charge >= 0.3 is 0 Å². The van der Waals surface area contributed by atoms with Gasteiger partial charge in [-0.3, -0.25) is 4.79 Å². The van der Waals surface area contributed by atoms with Gasteiger partial charge in [0.05, 0.1) is 11.9 Å². The van der Waals surface area contributed by atoms with Crippen molar-refractivity contribution in [1.82, 2.24) is 15.3 Å². The Morgan fingerprint density at radius 3 is 2.61 bits per heavy atom. The van der Waals surface area contributed by atoms with Gasteiger partial charge in [0.2, 0.25) is 11.9 Å². The van der Waals surface area contributed by atoms with E-state index >= 15 is 0 Å². The standard InChI is InChI=1S/C25H30FN5O2/c1-31(2)24-19-5-3-4-6-21(19)29-25(30-24)28-18-10-7-16(8-11-18)15-27-23(33)14-17-9-12-22(32)20(26)13-17/h3-6,9,12-13,16,18,32H,7-8,10-11,14-15H2,1-2H3,(H,27,33)(H,28,29,30). The van der Waals surface area contributed by atoms with Gasteiger partial charge in [-0.05, 0) is 61.4 Å². The highest BCUT2D eigenvalue weighted by Crippen LogP contribution is 2.28. The fraction of sp³-hybridized carbons (Fsp3) is 0.400. The molecule has 0 radical (unpaired) electrons. The molecule has 0 bridgehead atoms. The number of benzene rings is 2. The molecule has 0 aliphatic heterocycles. The number of nitrogens with one attached hydrogen (secondary N) is 2. The van der Waals surface area contributed by atoms with Crippen LogP contribution in [0.4, 0.5) is 16.2 Å². The number of amides is 1. The molecule has 8 heteroatoms. The molecule has 174 valence electrons. The lowest BCUT2D eigenvalue weighted by Gasteiger charge is -2.29. The van der Waals surface area contributed by atoms with E-state index in [1.807, 2.05) is 43.3 Å². The van der Waals surface area contributed by atoms with Gasteiger partial charge < -0.3 is 20.6 Å². The molecule has 1 fully saturated rings. The predicted molar refractivity (Wildman–Crippen MR) is 128 cm³/mol. The predicted octanol–water partition coefficient (Wildman–Crippen LogP) is 3.87. The van der Waals surface area contributed by atoms with Crippen LogP contribution in [0.25, 0.3) is 10.9 Å². The molecule has 2 aromatic carbocycles. The lowest BCUT2D eigenvalue weighted by atomic mass is 9.86. The fourth-order valence-electron chi connectivity index (χ4n) is 4.33. The lowest BCUT2D eigenvalue weighted by molar-refractivity contribution is -0.120. The normalized spacial score (nSPS) is 18.2. The van der Waals surface area contributed by atoms with Gasteiger partial charge in [0, 0.05) is 32.1 Å². The zero-order valence-electron chi connectivity index (χ0n) is 19.0. The Morgan fingerprint density at radius 2 is 1.88 bits per heavy atom. The summed E-state index contributed by atoms with van der Waals surface area (Å²) >= 11 is 0. The van der Waals surface area contributed by atoms with E-state index in [-0.39, 0.29) is 12.3 Å². The highest BCUT2D eigenvalue weighted by molar-refractivity contribution is 5.90. The summed E-state index contributed by atoms with van der Waals surface area (Å²) in [6.45, 7) is 0.614. The SMILES string of the molecule is CN(C)c1nc(NC2CCC(CNC(=O)Cc3ccc(O)c(F)c3)CC2)nc2ccccc12. The number of fused-ring (bicyclic) bond motifs is 1. The number of hydrogen-bond donors (Lipinski definition) is 3. The maximum absolute atomic E-state index is 13.4. The molecule has 1 aliphatic carbocycles. The van der Waals surface area contributed by atoms with E-state index in [2.05, 4.69) is 10.6 Å². The van der Waals surface area contributed by atoms with E-state index in [4.69, 9.17) is 9.97 Å². The molecule has 0 spiro atoms. The Morgan fingerprint density at radius 1 is 1.12 bits per heavy atom. The molecule has 0 atom stereocenters. The molecule has 0 saturated heterocycles. The number of anilines is 2. The van der Waals surface area contributed by atoms with Crippen molar-refractivity contribution < 1.29 is 14.3 Å². The quantitative estimate of drug-likeness (QED) is 0.505. The maximum atomic E-state index is 13.4. The van der Waals surface area contributed by atoms with Crippen molar-refractivity contribution >= 4 is 28.6 Å². The Bertz CT molecular complexity index is 1130. The smallest absolute Gasteiger partial charge is 0.225 e. The van der Waals surface area contributed by atoms with Crippen LogP contribution in [0, 0.1) is 11.7 Å². The van der Waals surface area contributed by atoms with E-state index < -0.39 is 11.6 Å². The molecule has 4 rings (SSSR count). The molecular weight excluding hydrogens is 421 g/mol. The van der Waals surface area contributed by atoms with Crippen LogP contribution >= 0.6 is 0 Å². The van der Waals surface area contributed by atoms with Crippen molar-refractivity contribution in [2.45, 2.75) is 38.1 Å². The highest BCUT2D eigenvalue weighted by Gasteiger charge is 2.23. The number of phenols is 1. The molecule has 1 aromatic heterocycles. The van der Waals surface area contributed by atoms with Crippen LogP contribution in [0.15, 0.2) is 42.5 Å². The van der Waals surface area contributed by atoms with Crippen molar-refractivity contribution in [2.75, 3.05) is 30.9 Å².